The molecule has 0 amide bonds. The first-order chi connectivity index (χ1) is 53.7. The Morgan fingerprint density at radius 1 is 0.348 bits per heavy atom. The van der Waals surface area contributed by atoms with Crippen LogP contribution in [0.25, 0.3) is 19.4 Å². The minimum atomic E-state index is -4.75. The number of fused-ring (bicyclic) bond motifs is 4. The SMILES string of the molecule is [C-]#[N+]c1ccc(CC(=O)[C@@](C)(O)CN2CCc3cc(Cl)c(F)cc32)cc1C(F)(F)F.[C-]#[N+]c1ccc(CC(=O)[C@@](C)(O)CN2CCc3cc(F)c(F)cc32)cc1C(F)(F)F.[C-]#[N+]c1ccc(CC(=O)[C@@](C)(O)CN2CCc3cc(F)c(F)cc32)cc1Cl.[C-]#[N+]c1ccc(CC(=O)[C@@](C)(O)CN2CCc3ccccc32)cc1C(F)(F)F. The Bertz CT molecular complexity index is 5110. The van der Waals surface area contributed by atoms with E-state index >= 15 is 0 Å². The summed E-state index contributed by atoms with van der Waals surface area (Å²) >= 11 is 11.8. The zero-order valence-corrected chi connectivity index (χ0v) is 63.1. The minimum Gasteiger partial charge on any atom is -0.380 e. The number of carbonyl (C=O) groups excluding carboxylic acids is 4. The van der Waals surface area contributed by atoms with Gasteiger partial charge < -0.3 is 40.0 Å². The van der Waals surface area contributed by atoms with Gasteiger partial charge in [0.2, 0.25) is 5.69 Å². The molecule has 0 aliphatic carbocycles. The summed E-state index contributed by atoms with van der Waals surface area (Å²) in [4.78, 5) is 69.1. The van der Waals surface area contributed by atoms with Gasteiger partial charge in [0.15, 0.2) is 63.5 Å². The van der Waals surface area contributed by atoms with Crippen molar-refractivity contribution in [2.45, 2.75) is 120 Å². The van der Waals surface area contributed by atoms with Crippen LogP contribution in [0.3, 0.4) is 0 Å². The number of carbonyl (C=O) groups is 4. The molecule has 0 bridgehead atoms. The number of rotatable bonds is 20. The molecule has 115 heavy (non-hydrogen) atoms. The molecule has 0 aromatic heterocycles. The molecule has 16 nitrogen and oxygen atoms in total. The Kier molecular flexibility index (Phi) is 26.8. The number of halogens is 16. The zero-order valence-electron chi connectivity index (χ0n) is 61.6. The Hall–Kier alpha value is -11.0. The highest BCUT2D eigenvalue weighted by molar-refractivity contribution is 6.33. The van der Waals surface area contributed by atoms with Gasteiger partial charge in [-0.15, -0.1) is 0 Å². The maximum atomic E-state index is 13.8. The number of β-amino-alcohol motifs (C(OH)–C–C–N with tert-alkyl or cyclic N) is 4. The van der Waals surface area contributed by atoms with Crippen molar-refractivity contribution in [3.8, 4) is 0 Å². The third kappa shape index (κ3) is 21.3. The van der Waals surface area contributed by atoms with Crippen LogP contribution in [0.1, 0.15) is 88.9 Å². The van der Waals surface area contributed by atoms with E-state index in [-0.39, 0.29) is 65.8 Å². The highest BCUT2D eigenvalue weighted by atomic mass is 35.5. The van der Waals surface area contributed by atoms with Gasteiger partial charge >= 0.3 is 18.5 Å². The van der Waals surface area contributed by atoms with Crippen LogP contribution in [0.15, 0.2) is 133 Å². The molecule has 4 aliphatic heterocycles. The first-order valence-electron chi connectivity index (χ1n) is 35.1. The molecule has 0 fully saturated rings. The number of benzene rings is 8. The van der Waals surface area contributed by atoms with Gasteiger partial charge in [-0.05, 0) is 128 Å². The molecule has 32 heteroatoms. The van der Waals surface area contributed by atoms with E-state index in [9.17, 15) is 101 Å². The molecule has 4 N–H and O–H groups in total. The lowest BCUT2D eigenvalue weighted by Gasteiger charge is -2.29. The second kappa shape index (κ2) is 35.0. The van der Waals surface area contributed by atoms with E-state index in [2.05, 4.69) is 19.4 Å². The lowest BCUT2D eigenvalue weighted by atomic mass is 9.93. The fourth-order valence-electron chi connectivity index (χ4n) is 13.6. The minimum absolute atomic E-state index is 0.00920. The van der Waals surface area contributed by atoms with E-state index < -0.39 is 140 Å². The van der Waals surface area contributed by atoms with Crippen molar-refractivity contribution < 1.29 is 101 Å². The summed E-state index contributed by atoms with van der Waals surface area (Å²) in [5.41, 5.74) is -5.70. The van der Waals surface area contributed by atoms with Crippen molar-refractivity contribution in [2.75, 3.05) is 72.0 Å². The van der Waals surface area contributed by atoms with Crippen molar-refractivity contribution >= 4 is 91.8 Å². The summed E-state index contributed by atoms with van der Waals surface area (Å²) in [7, 11) is 0. The van der Waals surface area contributed by atoms with Crippen molar-refractivity contribution in [1.29, 1.82) is 0 Å². The molecule has 602 valence electrons. The van der Waals surface area contributed by atoms with Crippen LogP contribution in [0.5, 0.6) is 0 Å². The Balaban J connectivity index is 0.000000176. The summed E-state index contributed by atoms with van der Waals surface area (Å²) < 4.78 is 186. The molecule has 8 aromatic rings. The second-order valence-corrected chi connectivity index (χ2v) is 29.6. The molecule has 8 aromatic carbocycles. The van der Waals surface area contributed by atoms with Crippen LogP contribution in [0.2, 0.25) is 10.0 Å². The molecule has 0 unspecified atom stereocenters. The van der Waals surface area contributed by atoms with Gasteiger partial charge in [0, 0.05) is 91.8 Å². The number of ketones is 4. The van der Waals surface area contributed by atoms with E-state index in [0.29, 0.717) is 84.9 Å². The summed E-state index contributed by atoms with van der Waals surface area (Å²) in [6.45, 7) is 34.4. The second-order valence-electron chi connectivity index (χ2n) is 28.8. The summed E-state index contributed by atoms with van der Waals surface area (Å²) in [5.74, 6) is -6.93. The maximum Gasteiger partial charge on any atom is 0.407 e. The molecule has 0 saturated heterocycles. The number of anilines is 4. The Morgan fingerprint density at radius 3 is 0.930 bits per heavy atom. The summed E-state index contributed by atoms with van der Waals surface area (Å²) in [5, 5.41) is 43.0. The number of hydrogen-bond acceptors (Lipinski definition) is 12. The van der Waals surface area contributed by atoms with Gasteiger partial charge in [0.1, 0.15) is 28.2 Å². The lowest BCUT2D eigenvalue weighted by Crippen LogP contribution is -2.47. The van der Waals surface area contributed by atoms with Gasteiger partial charge in [-0.3, -0.25) is 19.2 Å². The van der Waals surface area contributed by atoms with E-state index in [1.807, 2.05) is 29.2 Å². The molecule has 0 radical (unpaired) electrons. The third-order valence-corrected chi connectivity index (χ3v) is 20.4. The summed E-state index contributed by atoms with van der Waals surface area (Å²) in [6.07, 6.45) is -13.2. The molecule has 4 atom stereocenters. The summed E-state index contributed by atoms with van der Waals surface area (Å²) in [6, 6.07) is 28.6. The van der Waals surface area contributed by atoms with E-state index in [4.69, 9.17) is 49.5 Å². The van der Waals surface area contributed by atoms with Crippen LogP contribution >= 0.6 is 23.2 Å². The third-order valence-electron chi connectivity index (χ3n) is 19.8. The smallest absolute Gasteiger partial charge is 0.380 e. The lowest BCUT2D eigenvalue weighted by molar-refractivity contribution is -0.137. The van der Waals surface area contributed by atoms with Gasteiger partial charge in [-0.1, -0.05) is 114 Å². The van der Waals surface area contributed by atoms with Crippen molar-refractivity contribution in [1.82, 2.24) is 0 Å². The predicted octanol–water partition coefficient (Wildman–Crippen LogP) is 17.7. The van der Waals surface area contributed by atoms with Gasteiger partial charge in [-0.25, -0.2) is 41.3 Å². The van der Waals surface area contributed by atoms with E-state index in [1.54, 1.807) is 20.8 Å². The van der Waals surface area contributed by atoms with E-state index in [0.717, 1.165) is 83.9 Å². The highest BCUT2D eigenvalue weighted by Crippen LogP contribution is 2.43. The van der Waals surface area contributed by atoms with Crippen LogP contribution in [0, 0.1) is 55.4 Å². The first-order valence-corrected chi connectivity index (χ1v) is 35.9. The average Bonchev–Trinajstić information content (AvgIpc) is 1.72. The number of hydrogen-bond donors (Lipinski definition) is 4. The fraction of sp³-hybridized carbons (Fsp3) is 0.325. The molecule has 4 aliphatic rings. The highest BCUT2D eigenvalue weighted by Gasteiger charge is 2.42. The number of Topliss-reactive ketones (excluding diaryl/α,β-unsaturated/α-hetero) is 4. The zero-order chi connectivity index (χ0) is 84.8. The topological polar surface area (TPSA) is 180 Å². The van der Waals surface area contributed by atoms with E-state index in [1.165, 1.54) is 70.2 Å². The number of aliphatic hydroxyl groups is 4. The van der Waals surface area contributed by atoms with Crippen LogP contribution in [-0.4, -0.2) is 118 Å². The Morgan fingerprint density at radius 2 is 0.617 bits per heavy atom. The molecular formula is C83H70Cl2F14N8O8. The first kappa shape index (κ1) is 88.0. The average molecular weight is 1640 g/mol. The number of alkyl halides is 9. The molecule has 0 spiro atoms. The molecule has 0 saturated carbocycles. The van der Waals surface area contributed by atoms with Crippen LogP contribution in [0.4, 0.5) is 107 Å². The van der Waals surface area contributed by atoms with Crippen LogP contribution < -0.4 is 19.6 Å². The predicted molar refractivity (Wildman–Crippen MR) is 402 cm³/mol. The van der Waals surface area contributed by atoms with Gasteiger partial charge in [-0.2, -0.15) is 39.5 Å². The quantitative estimate of drug-likeness (QED) is 0.0420. The number of para-hydroxylation sites is 1. The number of nitrogens with zero attached hydrogens (tertiary/aromatic N) is 8. The maximum absolute atomic E-state index is 13.8. The normalized spacial score (nSPS) is 15.4. The fourth-order valence-corrected chi connectivity index (χ4v) is 14.0. The largest absolute Gasteiger partial charge is 0.407 e. The van der Waals surface area contributed by atoms with Crippen molar-refractivity contribution in [2.24, 2.45) is 0 Å². The van der Waals surface area contributed by atoms with Crippen LogP contribution in [-0.2, 0) is 89.1 Å². The van der Waals surface area contributed by atoms with Crippen molar-refractivity contribution in [3.05, 3.63) is 279 Å². The Labute approximate surface area is 661 Å². The molecular weight excluding hydrogens is 1570 g/mol. The molecule has 4 heterocycles. The van der Waals surface area contributed by atoms with Crippen molar-refractivity contribution in [3.63, 3.8) is 0 Å². The monoisotopic (exact) mass is 1640 g/mol. The van der Waals surface area contributed by atoms with Gasteiger partial charge in [0.05, 0.1) is 74.2 Å². The molecule has 12 rings (SSSR count). The van der Waals surface area contributed by atoms with Gasteiger partial charge in [0.25, 0.3) is 0 Å². The standard InChI is InChI=1S/C21H17ClF4N2O2.C21H17F5N2O2.C21H19F3N2O2.C20H17ClF2N2O2/c2*1-20(30,11-28-6-5-13-9-15(22)16(23)10-18(13)28)19(29)8-12-3-4-17(27-2)14(7-12)21(24,25)26;1-20(28,13-26-10-9-15-5-3-4-6-18(15)26)19(27)12-14-7-8-17(25-2)16(11-14)21(22,23)24;1-20(27,19(26)8-12-3-4-17(24-2)14(21)7-12)11-25-6-5-13-9-15(22)16(23)10-18(13)25/h2*3-4,7,9-10,30H,5-6,8,11H2,1H3;3-8,11,28H,9-10,12-13H2,1H3;3-4,7,9-10,27H,5-6,8,11H2,1H3/t4*20-/m0000/s1.